The van der Waals surface area contributed by atoms with E-state index in [9.17, 15) is 28.7 Å². The molecule has 1 aromatic rings. The molecule has 0 bridgehead atoms. The minimum atomic E-state index is -1.40. The van der Waals surface area contributed by atoms with Gasteiger partial charge in [-0.05, 0) is 39.0 Å². The zero-order valence-corrected chi connectivity index (χ0v) is 19.6. The summed E-state index contributed by atoms with van der Waals surface area (Å²) in [4.78, 5) is 50.7. The van der Waals surface area contributed by atoms with E-state index in [1.54, 1.807) is 11.8 Å². The Morgan fingerprint density at radius 2 is 2.03 bits per heavy atom. The number of carbonyl (C=O) groups excluding carboxylic acids is 2. The lowest BCUT2D eigenvalue weighted by Gasteiger charge is -2.51. The van der Waals surface area contributed by atoms with Crippen LogP contribution in [0.1, 0.15) is 58.4 Å². The third-order valence-corrected chi connectivity index (χ3v) is 6.82. The van der Waals surface area contributed by atoms with E-state index in [0.29, 0.717) is 38.9 Å². The first kappa shape index (κ1) is 26.0. The van der Waals surface area contributed by atoms with Gasteiger partial charge in [-0.3, -0.25) is 23.9 Å². The molecule has 0 radical (unpaired) electrons. The van der Waals surface area contributed by atoms with Gasteiger partial charge in [0.1, 0.15) is 0 Å². The van der Waals surface area contributed by atoms with E-state index >= 15 is 0 Å². The lowest BCUT2D eigenvalue weighted by atomic mass is 9.75. The molecular weight excluding hydrogens is 449 g/mol. The first-order valence-electron chi connectivity index (χ1n) is 11.6. The van der Waals surface area contributed by atoms with Gasteiger partial charge in [-0.1, -0.05) is 0 Å². The largest absolute Gasteiger partial charge is 0.388 e. The fourth-order valence-electron chi connectivity index (χ4n) is 4.90. The minimum Gasteiger partial charge on any atom is -0.388 e. The Kier molecular flexibility index (Phi) is 7.94. The van der Waals surface area contributed by atoms with Crippen LogP contribution in [0.25, 0.3) is 0 Å². The number of nitrogens with zero attached hydrogens (tertiary/aromatic N) is 2. The molecule has 11 nitrogen and oxygen atoms in total. The summed E-state index contributed by atoms with van der Waals surface area (Å²) in [5, 5.41) is 13.9. The molecule has 1 aromatic heterocycles. The number of hydrogen-bond acceptors (Lipinski definition) is 7. The second-order valence-corrected chi connectivity index (χ2v) is 9.60. The molecule has 12 heteroatoms. The van der Waals surface area contributed by atoms with E-state index in [4.69, 9.17) is 10.5 Å². The smallest absolute Gasteiger partial charge is 0.328 e. The van der Waals surface area contributed by atoms with Gasteiger partial charge in [0.15, 0.2) is 0 Å². The van der Waals surface area contributed by atoms with Gasteiger partial charge in [0, 0.05) is 33.0 Å². The lowest BCUT2D eigenvalue weighted by Crippen LogP contribution is -2.60. The van der Waals surface area contributed by atoms with E-state index in [-0.39, 0.29) is 24.8 Å². The highest BCUT2D eigenvalue weighted by Gasteiger charge is 2.50. The Labute approximate surface area is 196 Å². The number of rotatable bonds is 7. The Hall–Kier alpha value is -2.57. The Balaban J connectivity index is 1.55. The van der Waals surface area contributed by atoms with Gasteiger partial charge in [-0.2, -0.15) is 4.39 Å². The molecule has 0 saturated carbocycles. The maximum atomic E-state index is 13.8. The topological polar surface area (TPSA) is 160 Å². The monoisotopic (exact) mass is 483 g/mol. The quantitative estimate of drug-likeness (QED) is 0.376. The first-order chi connectivity index (χ1) is 15.9. The van der Waals surface area contributed by atoms with Gasteiger partial charge in [0.25, 0.3) is 5.56 Å². The van der Waals surface area contributed by atoms with Crippen LogP contribution < -0.4 is 22.3 Å². The number of aliphatic hydroxyl groups is 1. The van der Waals surface area contributed by atoms with E-state index in [0.717, 1.165) is 23.6 Å². The van der Waals surface area contributed by atoms with Crippen molar-refractivity contribution in [2.75, 3.05) is 26.2 Å². The predicted molar refractivity (Wildman–Crippen MR) is 121 cm³/mol. The molecule has 2 saturated heterocycles. The number of hydrogen-bond donors (Lipinski definition) is 4. The van der Waals surface area contributed by atoms with Crippen molar-refractivity contribution in [1.29, 1.82) is 0 Å². The Morgan fingerprint density at radius 1 is 1.35 bits per heavy atom. The summed E-state index contributed by atoms with van der Waals surface area (Å²) in [7, 11) is 0. The van der Waals surface area contributed by atoms with Crippen LogP contribution in [0.3, 0.4) is 0 Å². The molecule has 3 heterocycles. The number of unbranched alkanes of at least 4 members (excludes halogenated alkanes) is 1. The van der Waals surface area contributed by atoms with Crippen molar-refractivity contribution in [3.63, 3.8) is 0 Å². The van der Waals surface area contributed by atoms with Gasteiger partial charge in [0.05, 0.1) is 36.1 Å². The molecule has 34 heavy (non-hydrogen) atoms. The summed E-state index contributed by atoms with van der Waals surface area (Å²) in [5.74, 6) is -1.34. The molecule has 3 atom stereocenters. The highest BCUT2D eigenvalue weighted by Crippen LogP contribution is 2.43. The first-order valence-corrected chi connectivity index (χ1v) is 11.6. The molecule has 1 spiro atoms. The zero-order chi connectivity index (χ0) is 25.1. The Bertz CT molecular complexity index is 1010. The van der Waals surface area contributed by atoms with Crippen molar-refractivity contribution < 1.29 is 23.8 Å². The fourth-order valence-corrected chi connectivity index (χ4v) is 4.90. The van der Waals surface area contributed by atoms with Crippen LogP contribution in [0, 0.1) is 5.82 Å². The number of nitrogens with one attached hydrogen (secondary N) is 2. The van der Waals surface area contributed by atoms with E-state index in [1.165, 1.54) is 6.92 Å². The van der Waals surface area contributed by atoms with Crippen molar-refractivity contribution in [1.82, 2.24) is 19.8 Å². The number of halogens is 1. The molecular formula is C22H34FN5O6. The van der Waals surface area contributed by atoms with E-state index < -0.39 is 40.4 Å². The predicted octanol–water partition coefficient (Wildman–Crippen LogP) is -0.617. The summed E-state index contributed by atoms with van der Waals surface area (Å²) in [6.45, 7) is 4.38. The zero-order valence-electron chi connectivity index (χ0n) is 19.6. The number of amides is 2. The maximum Gasteiger partial charge on any atom is 0.328 e. The summed E-state index contributed by atoms with van der Waals surface area (Å²) < 4.78 is 20.8. The highest BCUT2D eigenvalue weighted by molar-refractivity contribution is 5.81. The number of nitrogens with two attached hydrogens (primary N) is 1. The van der Waals surface area contributed by atoms with Gasteiger partial charge in [-0.15, -0.1) is 0 Å². The van der Waals surface area contributed by atoms with Crippen LogP contribution in [0.5, 0.6) is 0 Å². The molecule has 190 valence electrons. The summed E-state index contributed by atoms with van der Waals surface area (Å²) >= 11 is 0. The molecule has 2 aliphatic heterocycles. The summed E-state index contributed by atoms with van der Waals surface area (Å²) in [5.41, 5.74) is 2.08. The van der Waals surface area contributed by atoms with E-state index in [2.05, 4.69) is 5.32 Å². The van der Waals surface area contributed by atoms with Crippen molar-refractivity contribution in [2.45, 2.75) is 75.7 Å². The molecule has 0 unspecified atom stereocenters. The highest BCUT2D eigenvalue weighted by atomic mass is 19.1. The van der Waals surface area contributed by atoms with Gasteiger partial charge in [-0.25, -0.2) is 4.79 Å². The maximum absolute atomic E-state index is 13.8. The van der Waals surface area contributed by atoms with Crippen LogP contribution in [0.4, 0.5) is 4.39 Å². The molecule has 2 aliphatic rings. The number of likely N-dealkylation sites (tertiary alicyclic amines) is 1. The number of carbonyl (C=O) groups is 2. The van der Waals surface area contributed by atoms with Gasteiger partial charge in [0.2, 0.25) is 17.6 Å². The third kappa shape index (κ3) is 5.91. The molecule has 2 amide bonds. The van der Waals surface area contributed by atoms with E-state index in [1.807, 2.05) is 4.98 Å². The number of aromatic nitrogens is 2. The average Bonchev–Trinajstić information content (AvgIpc) is 2.75. The molecule has 0 aromatic carbocycles. The molecule has 2 fully saturated rings. The molecule has 5 N–H and O–H groups in total. The van der Waals surface area contributed by atoms with Crippen molar-refractivity contribution >= 4 is 11.8 Å². The summed E-state index contributed by atoms with van der Waals surface area (Å²) in [6.07, 6.45) is 3.96. The average molecular weight is 484 g/mol. The summed E-state index contributed by atoms with van der Waals surface area (Å²) in [6, 6.07) is -1.49. The van der Waals surface area contributed by atoms with Crippen LogP contribution in [-0.4, -0.2) is 74.9 Å². The van der Waals surface area contributed by atoms with Gasteiger partial charge >= 0.3 is 5.69 Å². The molecule has 0 aliphatic carbocycles. The fraction of sp³-hybridized carbons (Fsp3) is 0.727. The second-order valence-electron chi connectivity index (χ2n) is 9.60. The van der Waals surface area contributed by atoms with Crippen molar-refractivity contribution in [3.05, 3.63) is 32.9 Å². The van der Waals surface area contributed by atoms with Crippen molar-refractivity contribution in [2.24, 2.45) is 5.73 Å². The number of aromatic amines is 1. The second kappa shape index (κ2) is 10.4. The third-order valence-electron chi connectivity index (χ3n) is 6.82. The standard InChI is InChI=1S/C22H34FN5O6/c1-14(29)25-8-4-3-5-16(24)19(31)27-9-6-22(7-10-27)13-21(2,33)17(12-34-22)28-11-15(23)18(30)26-20(28)32/h11,16-17,33H,3-10,12-13,24H2,1-2H3,(H,25,29)(H,26,30,32)/t16-,17-,21-/m0/s1. The molecule has 3 rings (SSSR count). The van der Waals surface area contributed by atoms with Crippen LogP contribution in [0.15, 0.2) is 15.8 Å². The van der Waals surface area contributed by atoms with Crippen LogP contribution in [0.2, 0.25) is 0 Å². The number of ether oxygens (including phenoxy) is 1. The number of piperidine rings is 1. The normalized spacial score (nSPS) is 25.2. The minimum absolute atomic E-state index is 0.0415. The van der Waals surface area contributed by atoms with Crippen molar-refractivity contribution in [3.8, 4) is 0 Å². The lowest BCUT2D eigenvalue weighted by molar-refractivity contribution is -0.198. The van der Waals surface area contributed by atoms with Gasteiger partial charge < -0.3 is 25.8 Å². The Morgan fingerprint density at radius 3 is 2.65 bits per heavy atom. The van der Waals surface area contributed by atoms with Crippen LogP contribution in [-0.2, 0) is 14.3 Å². The SMILES string of the molecule is CC(=O)NCCCC[C@H](N)C(=O)N1CCC2(CC1)C[C@](C)(O)[C@@H](n1cc(F)c(=O)[nH]c1=O)CO2. The number of H-pyrrole nitrogens is 1. The van der Waals surface area contributed by atoms with Crippen LogP contribution >= 0.6 is 0 Å².